The van der Waals surface area contributed by atoms with Crippen LogP contribution in [0.3, 0.4) is 0 Å². The molecule has 2 aliphatic heterocycles. The molecule has 0 aromatic heterocycles. The number of fused-ring (bicyclic) bond motifs is 2. The molecule has 2 heterocycles. The number of rotatable bonds is 4. The predicted octanol–water partition coefficient (Wildman–Crippen LogP) is 1.25. The van der Waals surface area contributed by atoms with E-state index >= 15 is 0 Å². The molecule has 22 heavy (non-hydrogen) atoms. The van der Waals surface area contributed by atoms with Crippen molar-refractivity contribution in [3.05, 3.63) is 0 Å². The first-order chi connectivity index (χ1) is 10.2. The van der Waals surface area contributed by atoms with Crippen LogP contribution in [0, 0.1) is 0 Å². The van der Waals surface area contributed by atoms with E-state index in [1.165, 1.54) is 0 Å². The number of nitrogens with one attached hydrogen (secondary N) is 1. The van der Waals surface area contributed by atoms with Gasteiger partial charge in [-0.05, 0) is 53.4 Å². The van der Waals surface area contributed by atoms with Crippen molar-refractivity contribution in [2.75, 3.05) is 13.2 Å². The molecule has 2 atom stereocenters. The number of ether oxygens (including phenoxy) is 1. The molecule has 0 radical (unpaired) electrons. The largest absolute Gasteiger partial charge is 0.444 e. The van der Waals surface area contributed by atoms with E-state index in [4.69, 9.17) is 4.74 Å². The molecular formula is C16H30N2O4. The van der Waals surface area contributed by atoms with E-state index in [1.54, 1.807) is 0 Å². The fourth-order valence-electron chi connectivity index (χ4n) is 3.54. The molecule has 0 saturated carbocycles. The summed E-state index contributed by atoms with van der Waals surface area (Å²) in [5.41, 5.74) is -1.14. The van der Waals surface area contributed by atoms with Crippen LogP contribution < -0.4 is 5.32 Å². The Morgan fingerprint density at radius 2 is 1.64 bits per heavy atom. The van der Waals surface area contributed by atoms with Crippen LogP contribution in [-0.2, 0) is 4.74 Å². The van der Waals surface area contributed by atoms with Crippen LogP contribution in [0.1, 0.15) is 53.4 Å². The quantitative estimate of drug-likeness (QED) is 0.727. The molecule has 0 aromatic carbocycles. The Kier molecular flexibility index (Phi) is 5.04. The van der Waals surface area contributed by atoms with E-state index in [0.717, 1.165) is 25.7 Å². The average Bonchev–Trinajstić information content (AvgIpc) is 2.69. The predicted molar refractivity (Wildman–Crippen MR) is 83.6 cm³/mol. The molecule has 0 aromatic rings. The van der Waals surface area contributed by atoms with Gasteiger partial charge in [0.15, 0.2) is 0 Å². The highest BCUT2D eigenvalue weighted by molar-refractivity contribution is 5.69. The summed E-state index contributed by atoms with van der Waals surface area (Å²) >= 11 is 0. The number of carbonyl (C=O) groups excluding carboxylic acids is 1. The number of aliphatic hydroxyl groups is 2. The lowest BCUT2D eigenvalue weighted by molar-refractivity contribution is 0.000818. The van der Waals surface area contributed by atoms with Crippen LogP contribution in [0.25, 0.3) is 0 Å². The van der Waals surface area contributed by atoms with Gasteiger partial charge in [-0.15, -0.1) is 0 Å². The van der Waals surface area contributed by atoms with Crippen LogP contribution in [0.5, 0.6) is 0 Å². The molecule has 2 saturated heterocycles. The van der Waals surface area contributed by atoms with Crippen molar-refractivity contribution >= 4 is 6.09 Å². The fraction of sp³-hybridized carbons (Fsp3) is 0.938. The molecule has 6 heteroatoms. The SMILES string of the molecule is CC(CO)(CO)NC1CC2CCC(C1)N2C(=O)OC(C)(C)C. The van der Waals surface area contributed by atoms with Gasteiger partial charge < -0.3 is 25.2 Å². The minimum atomic E-state index is -0.668. The zero-order chi connectivity index (χ0) is 16.5. The monoisotopic (exact) mass is 314 g/mol. The van der Waals surface area contributed by atoms with Crippen molar-refractivity contribution in [2.24, 2.45) is 0 Å². The lowest BCUT2D eigenvalue weighted by atomic mass is 9.94. The van der Waals surface area contributed by atoms with Crippen molar-refractivity contribution in [3.8, 4) is 0 Å². The van der Waals surface area contributed by atoms with Crippen LogP contribution in [0.2, 0.25) is 0 Å². The van der Waals surface area contributed by atoms with Gasteiger partial charge in [-0.2, -0.15) is 0 Å². The van der Waals surface area contributed by atoms with E-state index < -0.39 is 11.1 Å². The molecule has 1 amide bonds. The maximum atomic E-state index is 12.4. The Morgan fingerprint density at radius 3 is 2.05 bits per heavy atom. The van der Waals surface area contributed by atoms with Crippen molar-refractivity contribution in [1.82, 2.24) is 10.2 Å². The Labute approximate surface area is 132 Å². The number of piperidine rings is 1. The Bertz CT molecular complexity index is 389. The highest BCUT2D eigenvalue weighted by atomic mass is 16.6. The summed E-state index contributed by atoms with van der Waals surface area (Å²) in [5.74, 6) is 0. The Balaban J connectivity index is 1.98. The third-order valence-electron chi connectivity index (χ3n) is 4.59. The van der Waals surface area contributed by atoms with Gasteiger partial charge >= 0.3 is 6.09 Å². The molecule has 2 rings (SSSR count). The third-order valence-corrected chi connectivity index (χ3v) is 4.59. The third kappa shape index (κ3) is 3.91. The van der Waals surface area contributed by atoms with Gasteiger partial charge in [0.2, 0.25) is 0 Å². The minimum Gasteiger partial charge on any atom is -0.444 e. The van der Waals surface area contributed by atoms with E-state index in [9.17, 15) is 15.0 Å². The zero-order valence-electron chi connectivity index (χ0n) is 14.1. The van der Waals surface area contributed by atoms with Gasteiger partial charge in [0, 0.05) is 18.1 Å². The molecule has 2 unspecified atom stereocenters. The Hall–Kier alpha value is -0.850. The van der Waals surface area contributed by atoms with Crippen molar-refractivity contribution < 1.29 is 19.7 Å². The second kappa shape index (κ2) is 6.34. The van der Waals surface area contributed by atoms with Crippen LogP contribution in [0.4, 0.5) is 4.79 Å². The average molecular weight is 314 g/mol. The first-order valence-electron chi connectivity index (χ1n) is 8.18. The van der Waals surface area contributed by atoms with Crippen LogP contribution in [0.15, 0.2) is 0 Å². The molecule has 2 aliphatic rings. The number of amides is 1. The number of carbonyl (C=O) groups is 1. The van der Waals surface area contributed by atoms with E-state index in [-0.39, 0.29) is 37.4 Å². The van der Waals surface area contributed by atoms with E-state index in [0.29, 0.717) is 0 Å². The first kappa shape index (κ1) is 17.5. The zero-order valence-corrected chi connectivity index (χ0v) is 14.1. The van der Waals surface area contributed by atoms with Crippen molar-refractivity contribution in [2.45, 2.75) is 82.6 Å². The normalized spacial score (nSPS) is 28.8. The Morgan fingerprint density at radius 1 is 1.14 bits per heavy atom. The van der Waals surface area contributed by atoms with E-state index in [1.807, 2.05) is 32.6 Å². The molecule has 3 N–H and O–H groups in total. The van der Waals surface area contributed by atoms with Crippen molar-refractivity contribution in [1.29, 1.82) is 0 Å². The molecule has 0 aliphatic carbocycles. The smallest absolute Gasteiger partial charge is 0.410 e. The highest BCUT2D eigenvalue weighted by Crippen LogP contribution is 2.37. The van der Waals surface area contributed by atoms with Gasteiger partial charge in [-0.1, -0.05) is 0 Å². The van der Waals surface area contributed by atoms with Gasteiger partial charge in [0.25, 0.3) is 0 Å². The highest BCUT2D eigenvalue weighted by Gasteiger charge is 2.45. The van der Waals surface area contributed by atoms with Gasteiger partial charge in [-0.25, -0.2) is 4.79 Å². The summed E-state index contributed by atoms with van der Waals surface area (Å²) in [6, 6.07) is 0.584. The first-order valence-corrected chi connectivity index (χ1v) is 8.18. The number of nitrogens with zero attached hydrogens (tertiary/aromatic N) is 1. The number of aliphatic hydroxyl groups excluding tert-OH is 2. The summed E-state index contributed by atoms with van der Waals surface area (Å²) in [7, 11) is 0. The van der Waals surface area contributed by atoms with Crippen molar-refractivity contribution in [3.63, 3.8) is 0 Å². The van der Waals surface area contributed by atoms with Crippen LogP contribution in [-0.4, -0.2) is 63.7 Å². The minimum absolute atomic E-state index is 0.106. The maximum Gasteiger partial charge on any atom is 0.410 e. The summed E-state index contributed by atoms with van der Waals surface area (Å²) < 4.78 is 5.52. The number of hydrogen-bond acceptors (Lipinski definition) is 5. The topological polar surface area (TPSA) is 82.0 Å². The summed E-state index contributed by atoms with van der Waals surface area (Å²) in [4.78, 5) is 14.3. The molecule has 2 bridgehead atoms. The van der Waals surface area contributed by atoms with Gasteiger partial charge in [0.1, 0.15) is 5.60 Å². The van der Waals surface area contributed by atoms with E-state index in [2.05, 4.69) is 5.32 Å². The fourth-order valence-corrected chi connectivity index (χ4v) is 3.54. The summed E-state index contributed by atoms with van der Waals surface area (Å²) in [5, 5.41) is 22.2. The molecular weight excluding hydrogens is 284 g/mol. The second-order valence-corrected chi connectivity index (χ2v) is 7.96. The lowest BCUT2D eigenvalue weighted by Crippen LogP contribution is -2.59. The number of hydrogen-bond donors (Lipinski definition) is 3. The standard InChI is InChI=1S/C16H30N2O4/c1-15(2,3)22-14(21)18-12-5-6-13(18)8-11(7-12)17-16(4,9-19)10-20/h11-13,17,19-20H,5-10H2,1-4H3. The molecule has 0 spiro atoms. The summed E-state index contributed by atoms with van der Waals surface area (Å²) in [6.45, 7) is 7.25. The van der Waals surface area contributed by atoms with Gasteiger partial charge in [0.05, 0.1) is 18.8 Å². The van der Waals surface area contributed by atoms with Crippen LogP contribution >= 0.6 is 0 Å². The molecule has 6 nitrogen and oxygen atoms in total. The molecule has 128 valence electrons. The summed E-state index contributed by atoms with van der Waals surface area (Å²) in [6.07, 6.45) is 3.45. The molecule has 2 fully saturated rings. The lowest BCUT2D eigenvalue weighted by Gasteiger charge is -2.42. The van der Waals surface area contributed by atoms with Gasteiger partial charge in [-0.3, -0.25) is 0 Å². The second-order valence-electron chi connectivity index (χ2n) is 7.96. The maximum absolute atomic E-state index is 12.4.